The molecule has 46 heteroatoms. The standard InChI is InChI=1S/C20H16N6O2.C13H11ClN4O2.C10H10N2O3.C9H3Cl2N3O.C9H5N3O3.C7H7BN2O2.C6H3ClN2.C4H9NO.C4H8O3.CH4O.H2/c1-2-14-15-16(28-20(14)23-5-1)19(26-8-10-27-11-9-26)25-18(24-15)13-4-7-22-17-12(13)3-6-21-17;14-13-16-9-8-2-1-3-15-12(8)20-10(9)11(17-13)18-4-6-19-7-5-18;1-2-14-10(13)8-7(11)6-4-3-5-12-9(6)15-8;10-7-6-5(13-9(11)14-7)4-2-1-3-12-8(4)15-6;13-7-6-5(11-9(14)12-7)4-2-1-3-10-8(4)15-6;11-8(12)6-2-4-10-7-5(6)1-3-9-7;7-6-5(4-8)2-1-3-9-6;1-3-6-4-2-5-1;1-2-7-4(6)3-5;1-2;/h1-7H,8-11H2,(H,21,22);1-3H,4-7H2;3-5H,2,11H2,1H3;1-3H;1-3H,(H2,11,12,13,14);1-4,11-12H,(H,9,10);1-3H;5H,1-4H2;5H,2-3H2,1H3;2H,1H3;1H/i;;;;;;;;;;1+1. The Kier molecular flexibility index (Phi) is 32.0. The van der Waals surface area contributed by atoms with Gasteiger partial charge in [0.05, 0.1) is 91.0 Å². The number of aromatic amines is 4. The molecule has 11 N–H and O–H groups in total. The molecule has 3 fully saturated rings. The van der Waals surface area contributed by atoms with Gasteiger partial charge in [-0.15, -0.1) is 0 Å². The van der Waals surface area contributed by atoms with Crippen molar-refractivity contribution in [3.63, 3.8) is 0 Å². The van der Waals surface area contributed by atoms with Crippen molar-refractivity contribution in [1.82, 2.24) is 95.0 Å². The van der Waals surface area contributed by atoms with Crippen molar-refractivity contribution in [1.29, 1.82) is 5.26 Å². The van der Waals surface area contributed by atoms with Crippen LogP contribution in [0, 0.1) is 11.3 Å². The number of aliphatic hydroxyl groups excluding tert-OH is 2. The number of nitrogens with two attached hydrogens (primary N) is 1. The number of furan rings is 5. The van der Waals surface area contributed by atoms with Gasteiger partial charge in [0.2, 0.25) is 50.5 Å². The van der Waals surface area contributed by atoms with E-state index in [-0.39, 0.29) is 45.9 Å². The first kappa shape index (κ1) is 92.3. The molecule has 3 saturated heterocycles. The molecule has 0 aromatic carbocycles. The highest BCUT2D eigenvalue weighted by Gasteiger charge is 2.27. The fraction of sp³-hybridized carbons (Fsp3) is 0.217. The molecule has 0 radical (unpaired) electrons. The van der Waals surface area contributed by atoms with E-state index in [1.807, 2.05) is 54.7 Å². The van der Waals surface area contributed by atoms with E-state index < -0.39 is 36.9 Å². The molecule has 0 bridgehead atoms. The zero-order valence-corrected chi connectivity index (χ0v) is 71.4. The van der Waals surface area contributed by atoms with E-state index in [0.717, 1.165) is 109 Å². The number of hydrogen-bond donors (Lipinski definition) is 10. The molecule has 0 atom stereocenters. The zero-order valence-electron chi connectivity index (χ0n) is 68.4. The summed E-state index contributed by atoms with van der Waals surface area (Å²) in [4.78, 5) is 118. The lowest BCUT2D eigenvalue weighted by Gasteiger charge is -2.27. The summed E-state index contributed by atoms with van der Waals surface area (Å²) >= 11 is 23.1. The molecule has 129 heavy (non-hydrogen) atoms. The van der Waals surface area contributed by atoms with E-state index in [1.54, 1.807) is 118 Å². The van der Waals surface area contributed by atoms with Crippen LogP contribution in [0.2, 0.25) is 20.9 Å². The van der Waals surface area contributed by atoms with Crippen molar-refractivity contribution in [2.75, 3.05) is 121 Å². The van der Waals surface area contributed by atoms with Crippen LogP contribution in [0.15, 0.2) is 191 Å². The number of aliphatic hydroxyl groups is 2. The van der Waals surface area contributed by atoms with E-state index in [9.17, 15) is 19.2 Å². The average molecular weight is 1840 g/mol. The number of aromatic nitrogens is 18. The van der Waals surface area contributed by atoms with Crippen molar-refractivity contribution in [3.8, 4) is 17.5 Å². The van der Waals surface area contributed by atoms with Crippen LogP contribution in [-0.2, 0) is 28.5 Å². The minimum Gasteiger partial charge on any atom is -0.464 e. The third kappa shape index (κ3) is 22.4. The van der Waals surface area contributed by atoms with Crippen LogP contribution < -0.4 is 37.6 Å². The van der Waals surface area contributed by atoms with E-state index in [4.69, 9.17) is 129 Å². The number of hydrogen-bond acceptors (Lipinski definition) is 37. The predicted octanol–water partition coefficient (Wildman–Crippen LogP) is 10.3. The van der Waals surface area contributed by atoms with Gasteiger partial charge >= 0.3 is 24.7 Å². The largest absolute Gasteiger partial charge is 0.489 e. The molecule has 0 amide bonds. The first-order valence-corrected chi connectivity index (χ1v) is 40.7. The second-order valence-electron chi connectivity index (χ2n) is 26.5. The Morgan fingerprint density at radius 2 is 0.992 bits per heavy atom. The molecule has 0 spiro atoms. The van der Waals surface area contributed by atoms with E-state index >= 15 is 0 Å². The predicted molar refractivity (Wildman–Crippen MR) is 482 cm³/mol. The van der Waals surface area contributed by atoms with Crippen LogP contribution in [0.3, 0.4) is 0 Å². The van der Waals surface area contributed by atoms with Gasteiger partial charge < -0.3 is 102 Å². The minimum atomic E-state index is -1.44. The molecule has 3 aliphatic heterocycles. The molecule has 19 aromatic rings. The van der Waals surface area contributed by atoms with Gasteiger partial charge in [-0.1, -0.05) is 23.2 Å². The summed E-state index contributed by atoms with van der Waals surface area (Å²) in [7, 11) is -0.439. The van der Waals surface area contributed by atoms with Gasteiger partial charge in [0.15, 0.2) is 39.4 Å². The quantitative estimate of drug-likeness (QED) is 0.0222. The molecule has 41 nitrogen and oxygen atoms in total. The van der Waals surface area contributed by atoms with Crippen molar-refractivity contribution in [2.45, 2.75) is 13.8 Å². The Balaban J connectivity index is 0.000000136. The van der Waals surface area contributed by atoms with Crippen LogP contribution >= 0.6 is 46.4 Å². The molecule has 3 aliphatic rings. The molecule has 664 valence electrons. The van der Waals surface area contributed by atoms with Crippen LogP contribution in [0.25, 0.3) is 133 Å². The molecule has 22 heterocycles. The summed E-state index contributed by atoms with van der Waals surface area (Å²) in [6.07, 6.45) is 16.6. The molecular formula is C83H78BCl4N23O18. The minimum absolute atomic E-state index is 0. The maximum atomic E-state index is 11.4. The number of nitrogens with one attached hydrogen (secondary N) is 5. The average Bonchev–Trinajstić information content (AvgIpc) is 1.60. The van der Waals surface area contributed by atoms with Gasteiger partial charge in [0, 0.05) is 126 Å². The van der Waals surface area contributed by atoms with Crippen LogP contribution in [-0.4, -0.2) is 235 Å². The fourth-order valence-electron chi connectivity index (χ4n) is 12.8. The second kappa shape index (κ2) is 44.7. The number of carbonyl (C=O) groups is 2. The van der Waals surface area contributed by atoms with Crippen LogP contribution in [0.1, 0.15) is 31.4 Å². The molecule has 19 aromatic heterocycles. The number of pyridine rings is 8. The summed E-state index contributed by atoms with van der Waals surface area (Å²) in [6.45, 7) is 13.0. The van der Waals surface area contributed by atoms with Gasteiger partial charge in [-0.25, -0.2) is 79.2 Å². The second-order valence-corrected chi connectivity index (χ2v) is 27.9. The number of H-pyrrole nitrogens is 4. The first-order valence-electron chi connectivity index (χ1n) is 39.2. The SMILES string of the molecule is C1COCCN1.CCOC(=O)CO.CCOC(=O)c1oc2ncccc2c1N.CO.Clc1nc(Cl)c2oc3ncccc3c2n1.Clc1nc(N2CCOCC2)c2oc3ncccc3c2n1.N#Cc1cccnc1Cl.O=c1[nH]c(=O)c2oc3ncccc3c2[nH]1.OB(O)c1ccnc2[nH]ccc12.[2HH].c1cnc2oc3c(N4CCOCC4)nc(-c4ccnc5[nH]ccc45)nc3c2c1. The third-order valence-electron chi connectivity index (χ3n) is 18.5. The number of carbonyl (C=O) groups excluding carboxylic acids is 2. The highest BCUT2D eigenvalue weighted by Crippen LogP contribution is 2.38. The number of fused-ring (bicyclic) bond motifs is 15. The van der Waals surface area contributed by atoms with E-state index in [0.29, 0.717) is 134 Å². The Hall–Kier alpha value is -14.3. The number of nitrogen functional groups attached to an aromatic ring is 1. The Bertz CT molecular complexity index is 7230. The lowest BCUT2D eigenvalue weighted by Crippen LogP contribution is -2.37. The first-order chi connectivity index (χ1) is 62.9. The Morgan fingerprint density at radius 3 is 1.50 bits per heavy atom. The molecule has 0 saturated carbocycles. The fourth-order valence-corrected chi connectivity index (χ4v) is 13.5. The number of halogens is 4. The summed E-state index contributed by atoms with van der Waals surface area (Å²) in [5.41, 5.74) is 14.7. The van der Waals surface area contributed by atoms with Gasteiger partial charge in [-0.2, -0.15) is 10.2 Å². The third-order valence-corrected chi connectivity index (χ3v) is 19.4. The van der Waals surface area contributed by atoms with Gasteiger partial charge in [-0.3, -0.25) is 9.78 Å². The molecule has 22 rings (SSSR count). The maximum absolute atomic E-state index is 11.4. The molecule has 0 aliphatic carbocycles. The monoisotopic (exact) mass is 1840 g/mol. The lowest BCUT2D eigenvalue weighted by atomic mass is 9.79. The number of nitrogens with zero attached hydrogens (tertiary/aromatic N) is 17. The molecular weight excluding hydrogens is 1760 g/mol. The van der Waals surface area contributed by atoms with Gasteiger partial charge in [-0.05, 0) is 140 Å². The zero-order chi connectivity index (χ0) is 90.9. The molecule has 0 unspecified atom stereocenters. The summed E-state index contributed by atoms with van der Waals surface area (Å²) in [5, 5.41) is 50.7. The Morgan fingerprint density at radius 1 is 0.519 bits per heavy atom. The Labute approximate surface area is 748 Å². The van der Waals surface area contributed by atoms with Crippen LogP contribution in [0.4, 0.5) is 17.3 Å². The topological polar surface area (TPSA) is 573 Å². The normalized spacial score (nSPS) is 12.8. The van der Waals surface area contributed by atoms with Crippen LogP contribution in [0.5, 0.6) is 0 Å². The number of ether oxygens (including phenoxy) is 5. The van der Waals surface area contributed by atoms with Crippen molar-refractivity contribution >= 4 is 210 Å². The number of esters is 2. The van der Waals surface area contributed by atoms with Crippen molar-refractivity contribution in [3.05, 3.63) is 212 Å². The smallest absolute Gasteiger partial charge is 0.464 e. The highest BCUT2D eigenvalue weighted by molar-refractivity contribution is 6.61. The van der Waals surface area contributed by atoms with Crippen molar-refractivity contribution < 1.29 is 77.0 Å². The maximum Gasteiger partial charge on any atom is 0.489 e. The van der Waals surface area contributed by atoms with Crippen molar-refractivity contribution in [2.24, 2.45) is 0 Å². The summed E-state index contributed by atoms with van der Waals surface area (Å²) in [6, 6.07) is 30.6. The van der Waals surface area contributed by atoms with E-state index in [2.05, 4.69) is 99.6 Å². The highest BCUT2D eigenvalue weighted by atomic mass is 35.5. The summed E-state index contributed by atoms with van der Waals surface area (Å²) in [5.74, 6) is 1.02. The number of nitriles is 1. The number of rotatable bonds is 8. The lowest BCUT2D eigenvalue weighted by molar-refractivity contribution is -0.146. The van der Waals surface area contributed by atoms with Gasteiger partial charge in [0.25, 0.3) is 5.56 Å². The number of anilines is 3. The van der Waals surface area contributed by atoms with Gasteiger partial charge in [0.1, 0.15) is 51.2 Å². The number of morpholine rings is 3. The van der Waals surface area contributed by atoms with E-state index in [1.165, 1.54) is 6.20 Å². The summed E-state index contributed by atoms with van der Waals surface area (Å²) < 4.78 is 52.7.